The fraction of sp³-hybridized carbons (Fsp3) is 0.286. The Morgan fingerprint density at radius 2 is 1.70 bits per heavy atom. The molecule has 2 rings (SSSR count). The lowest BCUT2D eigenvalue weighted by Crippen LogP contribution is -2.29. The van der Waals surface area contributed by atoms with Gasteiger partial charge in [-0.2, -0.15) is 5.10 Å². The monoisotopic (exact) mass is 367 g/mol. The molecule has 0 fully saturated rings. The summed E-state index contributed by atoms with van der Waals surface area (Å²) in [6, 6.07) is 17.1. The van der Waals surface area contributed by atoms with Crippen molar-refractivity contribution in [1.29, 1.82) is 0 Å². The van der Waals surface area contributed by atoms with Crippen molar-refractivity contribution >= 4 is 17.5 Å². The Hall–Kier alpha value is -3.15. The van der Waals surface area contributed by atoms with Crippen molar-refractivity contribution in [3.8, 4) is 5.75 Å². The molecule has 0 bridgehead atoms. The van der Waals surface area contributed by atoms with Crippen molar-refractivity contribution in [2.45, 2.75) is 33.2 Å². The molecular weight excluding hydrogens is 342 g/mol. The van der Waals surface area contributed by atoms with Crippen molar-refractivity contribution in [3.05, 3.63) is 65.7 Å². The highest BCUT2D eigenvalue weighted by Crippen LogP contribution is 2.15. The number of nitrogens with zero attached hydrogens (tertiary/aromatic N) is 1. The molecule has 6 heteroatoms. The molecule has 0 aliphatic heterocycles. The van der Waals surface area contributed by atoms with Crippen LogP contribution in [-0.2, 0) is 9.59 Å². The van der Waals surface area contributed by atoms with Gasteiger partial charge in [-0.15, -0.1) is 0 Å². The van der Waals surface area contributed by atoms with E-state index in [9.17, 15) is 9.59 Å². The number of aryl methyl sites for hydroxylation is 1. The van der Waals surface area contributed by atoms with Crippen LogP contribution in [0.1, 0.15) is 37.4 Å². The molecule has 2 aromatic carbocycles. The summed E-state index contributed by atoms with van der Waals surface area (Å²) in [6.07, 6.45) is 0.107. The SMILES string of the molecule is C/C(CC(=O)N[C@H](C)c1ccccc1)=N/NC(=O)COc1ccccc1C. The van der Waals surface area contributed by atoms with Crippen LogP contribution in [0.4, 0.5) is 0 Å². The van der Waals surface area contributed by atoms with E-state index >= 15 is 0 Å². The first kappa shape index (κ1) is 20.2. The van der Waals surface area contributed by atoms with Gasteiger partial charge in [0.25, 0.3) is 5.91 Å². The lowest BCUT2D eigenvalue weighted by Gasteiger charge is -2.14. The van der Waals surface area contributed by atoms with Gasteiger partial charge in [0, 0.05) is 5.71 Å². The first-order valence-corrected chi connectivity index (χ1v) is 8.80. The second-order valence-corrected chi connectivity index (χ2v) is 6.31. The third-order valence-corrected chi connectivity index (χ3v) is 3.92. The number of benzene rings is 2. The van der Waals surface area contributed by atoms with E-state index < -0.39 is 0 Å². The molecule has 2 amide bonds. The van der Waals surface area contributed by atoms with Crippen LogP contribution in [0.3, 0.4) is 0 Å². The summed E-state index contributed by atoms with van der Waals surface area (Å²) in [7, 11) is 0. The van der Waals surface area contributed by atoms with Crippen molar-refractivity contribution in [2.24, 2.45) is 5.10 Å². The van der Waals surface area contributed by atoms with E-state index in [2.05, 4.69) is 15.8 Å². The van der Waals surface area contributed by atoms with E-state index in [1.54, 1.807) is 13.0 Å². The van der Waals surface area contributed by atoms with Crippen LogP contribution in [0.5, 0.6) is 5.75 Å². The molecule has 2 N–H and O–H groups in total. The largest absolute Gasteiger partial charge is 0.483 e. The number of hydrogen-bond donors (Lipinski definition) is 2. The Kier molecular flexibility index (Phi) is 7.55. The quantitative estimate of drug-likeness (QED) is 0.556. The summed E-state index contributed by atoms with van der Waals surface area (Å²) >= 11 is 0. The Bertz CT molecular complexity index is 803. The third-order valence-electron chi connectivity index (χ3n) is 3.92. The van der Waals surface area contributed by atoms with Crippen LogP contribution >= 0.6 is 0 Å². The minimum Gasteiger partial charge on any atom is -0.483 e. The zero-order chi connectivity index (χ0) is 19.6. The number of nitrogens with one attached hydrogen (secondary N) is 2. The average Bonchev–Trinajstić information content (AvgIpc) is 2.66. The normalized spacial score (nSPS) is 12.2. The maximum atomic E-state index is 12.1. The molecular formula is C21H25N3O3. The van der Waals surface area contributed by atoms with Crippen LogP contribution in [-0.4, -0.2) is 24.1 Å². The van der Waals surface area contributed by atoms with E-state index in [0.29, 0.717) is 11.5 Å². The van der Waals surface area contributed by atoms with Crippen molar-refractivity contribution in [1.82, 2.24) is 10.7 Å². The molecule has 0 aliphatic carbocycles. The highest BCUT2D eigenvalue weighted by molar-refractivity contribution is 6.00. The second kappa shape index (κ2) is 10.1. The van der Waals surface area contributed by atoms with Gasteiger partial charge in [-0.3, -0.25) is 9.59 Å². The van der Waals surface area contributed by atoms with Gasteiger partial charge in [-0.1, -0.05) is 48.5 Å². The molecule has 142 valence electrons. The van der Waals surface area contributed by atoms with E-state index in [1.807, 2.05) is 62.4 Å². The molecule has 27 heavy (non-hydrogen) atoms. The molecule has 0 saturated heterocycles. The summed E-state index contributed by atoms with van der Waals surface area (Å²) < 4.78 is 5.45. The minimum absolute atomic E-state index is 0.0939. The molecule has 0 unspecified atom stereocenters. The van der Waals surface area contributed by atoms with E-state index in [1.165, 1.54) is 0 Å². The summed E-state index contributed by atoms with van der Waals surface area (Å²) in [5.74, 6) is 0.122. The number of hydrazone groups is 1. The smallest absolute Gasteiger partial charge is 0.277 e. The average molecular weight is 367 g/mol. The fourth-order valence-electron chi connectivity index (χ4n) is 2.44. The van der Waals surface area contributed by atoms with E-state index in [4.69, 9.17) is 4.74 Å². The van der Waals surface area contributed by atoms with Crippen molar-refractivity contribution < 1.29 is 14.3 Å². The maximum Gasteiger partial charge on any atom is 0.277 e. The summed E-state index contributed by atoms with van der Waals surface area (Å²) in [6.45, 7) is 5.38. The maximum absolute atomic E-state index is 12.1. The van der Waals surface area contributed by atoms with Gasteiger partial charge in [0.2, 0.25) is 5.91 Å². The van der Waals surface area contributed by atoms with Crippen LogP contribution < -0.4 is 15.5 Å². The fourth-order valence-corrected chi connectivity index (χ4v) is 2.44. The number of carbonyl (C=O) groups excluding carboxylic acids is 2. The molecule has 2 aromatic rings. The minimum atomic E-state index is -0.379. The van der Waals surface area contributed by atoms with Crippen LogP contribution in [0.25, 0.3) is 0 Å². The lowest BCUT2D eigenvalue weighted by molar-refractivity contribution is -0.123. The van der Waals surface area contributed by atoms with Crippen LogP contribution in [0.15, 0.2) is 59.7 Å². The predicted molar refractivity (Wildman–Crippen MR) is 106 cm³/mol. The Morgan fingerprint density at radius 3 is 2.41 bits per heavy atom. The molecule has 0 aliphatic rings. The van der Waals surface area contributed by atoms with E-state index in [-0.39, 0.29) is 30.9 Å². The number of rotatable bonds is 8. The second-order valence-electron chi connectivity index (χ2n) is 6.31. The first-order valence-electron chi connectivity index (χ1n) is 8.80. The highest BCUT2D eigenvalue weighted by atomic mass is 16.5. The molecule has 0 saturated carbocycles. The molecule has 0 spiro atoms. The van der Waals surface area contributed by atoms with Gasteiger partial charge in [0.1, 0.15) is 5.75 Å². The number of amides is 2. The zero-order valence-corrected chi connectivity index (χ0v) is 15.9. The number of para-hydroxylation sites is 1. The summed E-state index contributed by atoms with van der Waals surface area (Å²) in [4.78, 5) is 23.9. The topological polar surface area (TPSA) is 79.8 Å². The van der Waals surface area contributed by atoms with Crippen LogP contribution in [0.2, 0.25) is 0 Å². The molecule has 1 atom stereocenters. The van der Waals surface area contributed by atoms with Gasteiger partial charge in [-0.05, 0) is 38.0 Å². The molecule has 0 radical (unpaired) electrons. The number of carbonyl (C=O) groups is 2. The van der Waals surface area contributed by atoms with Crippen molar-refractivity contribution in [2.75, 3.05) is 6.61 Å². The Morgan fingerprint density at radius 1 is 1.04 bits per heavy atom. The van der Waals surface area contributed by atoms with E-state index in [0.717, 1.165) is 11.1 Å². The van der Waals surface area contributed by atoms with Gasteiger partial charge in [-0.25, -0.2) is 5.43 Å². The number of hydrogen-bond acceptors (Lipinski definition) is 4. The van der Waals surface area contributed by atoms with Gasteiger partial charge < -0.3 is 10.1 Å². The molecule has 0 aromatic heterocycles. The Labute approximate surface area is 159 Å². The lowest BCUT2D eigenvalue weighted by atomic mass is 10.1. The summed E-state index contributed by atoms with van der Waals surface area (Å²) in [5.41, 5.74) is 4.90. The summed E-state index contributed by atoms with van der Waals surface area (Å²) in [5, 5.41) is 6.87. The number of ether oxygens (including phenoxy) is 1. The predicted octanol–water partition coefficient (Wildman–Crippen LogP) is 3.13. The van der Waals surface area contributed by atoms with Gasteiger partial charge in [0.05, 0.1) is 12.5 Å². The van der Waals surface area contributed by atoms with Crippen LogP contribution in [0, 0.1) is 6.92 Å². The standard InChI is InChI=1S/C21H25N3O3/c1-15-9-7-8-12-19(15)27-14-21(26)24-23-16(2)13-20(25)22-17(3)18-10-5-4-6-11-18/h4-12,17H,13-14H2,1-3H3,(H,22,25)(H,24,26)/b23-16-/t17-/m1/s1. The molecule has 6 nitrogen and oxygen atoms in total. The highest BCUT2D eigenvalue weighted by Gasteiger charge is 2.10. The van der Waals surface area contributed by atoms with Crippen molar-refractivity contribution in [3.63, 3.8) is 0 Å². The zero-order valence-electron chi connectivity index (χ0n) is 15.9. The van der Waals surface area contributed by atoms with Gasteiger partial charge >= 0.3 is 0 Å². The first-order chi connectivity index (χ1) is 13.0. The Balaban J connectivity index is 1.75. The molecule has 0 heterocycles. The van der Waals surface area contributed by atoms with Gasteiger partial charge in [0.15, 0.2) is 6.61 Å². The third kappa shape index (κ3) is 6.93.